The van der Waals surface area contributed by atoms with Crippen LogP contribution in [0.15, 0.2) is 70.8 Å². The molecule has 1 aliphatic rings. The summed E-state index contributed by atoms with van der Waals surface area (Å²) in [5, 5.41) is 18.1. The molecule has 0 aliphatic carbocycles. The van der Waals surface area contributed by atoms with E-state index in [9.17, 15) is 14.0 Å². The van der Waals surface area contributed by atoms with Crippen molar-refractivity contribution in [3.63, 3.8) is 0 Å². The third-order valence-corrected chi connectivity index (χ3v) is 7.06. The number of hydrogen-bond donors (Lipinski definition) is 1. The molecule has 1 amide bonds. The summed E-state index contributed by atoms with van der Waals surface area (Å²) in [4.78, 5) is 28.3. The summed E-state index contributed by atoms with van der Waals surface area (Å²) >= 11 is 1.62. The number of amides is 1. The molecule has 0 radical (unpaired) electrons. The average molecular weight is 505 g/mol. The maximum atomic E-state index is 13.2. The second kappa shape index (κ2) is 10.8. The molecule has 36 heavy (non-hydrogen) atoms. The van der Waals surface area contributed by atoms with E-state index >= 15 is 0 Å². The molecule has 1 fully saturated rings. The van der Waals surface area contributed by atoms with E-state index in [0.717, 1.165) is 35.8 Å². The van der Waals surface area contributed by atoms with Crippen molar-refractivity contribution in [1.82, 2.24) is 25.3 Å². The molecule has 184 valence electrons. The molecule has 0 saturated carbocycles. The number of piperidine rings is 1. The Balaban J connectivity index is 1.17. The molecule has 8 nitrogen and oxygen atoms in total. The number of carbonyl (C=O) groups is 1. The van der Waals surface area contributed by atoms with E-state index < -0.39 is 0 Å². The van der Waals surface area contributed by atoms with Gasteiger partial charge in [-0.2, -0.15) is 5.10 Å². The summed E-state index contributed by atoms with van der Waals surface area (Å²) in [5.74, 6) is 0.207. The van der Waals surface area contributed by atoms with Crippen molar-refractivity contribution < 1.29 is 9.18 Å². The number of aromatic nitrogens is 4. The Bertz CT molecular complexity index is 1370. The van der Waals surface area contributed by atoms with E-state index in [0.29, 0.717) is 17.8 Å². The number of hydrogen-bond acceptors (Lipinski definition) is 7. The van der Waals surface area contributed by atoms with Crippen LogP contribution in [0.2, 0.25) is 0 Å². The summed E-state index contributed by atoms with van der Waals surface area (Å²) in [6.07, 6.45) is 1.68. The lowest BCUT2D eigenvalue weighted by Crippen LogP contribution is -2.44. The maximum Gasteiger partial charge on any atom is 0.266 e. The van der Waals surface area contributed by atoms with Gasteiger partial charge < -0.3 is 10.2 Å². The second-order valence-corrected chi connectivity index (χ2v) is 9.56. The lowest BCUT2D eigenvalue weighted by molar-refractivity contribution is -0.125. The number of nitrogens with zero attached hydrogens (tertiary/aromatic N) is 5. The number of thiophene rings is 1. The van der Waals surface area contributed by atoms with Gasteiger partial charge in [-0.25, -0.2) is 9.07 Å². The van der Waals surface area contributed by atoms with Crippen LogP contribution >= 0.6 is 11.3 Å². The zero-order valence-electron chi connectivity index (χ0n) is 19.5. The van der Waals surface area contributed by atoms with Gasteiger partial charge in [-0.1, -0.05) is 6.07 Å². The molecule has 0 bridgehead atoms. The zero-order chi connectivity index (χ0) is 24.9. The van der Waals surface area contributed by atoms with Gasteiger partial charge in [0.15, 0.2) is 5.82 Å². The minimum atomic E-state index is -0.335. The highest BCUT2D eigenvalue weighted by atomic mass is 32.1. The smallest absolute Gasteiger partial charge is 0.266 e. The molecule has 1 N–H and O–H groups in total. The molecule has 5 rings (SSSR count). The highest BCUT2D eigenvalue weighted by Gasteiger charge is 2.26. The van der Waals surface area contributed by atoms with Gasteiger partial charge in [-0.3, -0.25) is 9.59 Å². The van der Waals surface area contributed by atoms with Crippen molar-refractivity contribution in [2.75, 3.05) is 24.5 Å². The summed E-state index contributed by atoms with van der Waals surface area (Å²) in [5.41, 5.74) is 1.86. The van der Waals surface area contributed by atoms with Crippen LogP contribution in [-0.2, 0) is 11.3 Å². The Hall–Kier alpha value is -3.92. The molecule has 4 heterocycles. The maximum absolute atomic E-state index is 13.2. The first-order valence-corrected chi connectivity index (χ1v) is 12.7. The Morgan fingerprint density at radius 3 is 2.64 bits per heavy atom. The minimum Gasteiger partial charge on any atom is -0.354 e. The molecular weight excluding hydrogens is 479 g/mol. The van der Waals surface area contributed by atoms with Crippen LogP contribution in [0.25, 0.3) is 21.8 Å². The highest BCUT2D eigenvalue weighted by molar-refractivity contribution is 7.13. The zero-order valence-corrected chi connectivity index (χ0v) is 20.3. The second-order valence-electron chi connectivity index (χ2n) is 8.62. The number of rotatable bonds is 7. The third-order valence-electron chi connectivity index (χ3n) is 6.17. The van der Waals surface area contributed by atoms with Gasteiger partial charge in [-0.15, -0.1) is 21.5 Å². The van der Waals surface area contributed by atoms with Gasteiger partial charge in [0, 0.05) is 31.3 Å². The standard InChI is InChI=1S/C26H25FN6O2S/c27-20-7-5-18(6-8-20)21-10-12-25(34)33(31-21)15-13-28-26(35)19-3-1-14-32(17-19)24-11-9-22(29-30-24)23-4-2-16-36-23/h2,4-12,16,19H,1,3,13-15,17H2,(H,28,35). The van der Waals surface area contributed by atoms with E-state index in [1.165, 1.54) is 22.9 Å². The van der Waals surface area contributed by atoms with Gasteiger partial charge in [-0.05, 0) is 66.8 Å². The van der Waals surface area contributed by atoms with Crippen molar-refractivity contribution >= 4 is 23.1 Å². The first-order chi connectivity index (χ1) is 17.6. The number of carbonyl (C=O) groups excluding carboxylic acids is 1. The quantitative estimate of drug-likeness (QED) is 0.414. The third kappa shape index (κ3) is 5.49. The Kier molecular flexibility index (Phi) is 7.13. The first kappa shape index (κ1) is 23.8. The topological polar surface area (TPSA) is 93.0 Å². The first-order valence-electron chi connectivity index (χ1n) is 11.8. The van der Waals surface area contributed by atoms with Gasteiger partial charge in [0.05, 0.1) is 23.0 Å². The minimum absolute atomic E-state index is 0.0504. The average Bonchev–Trinajstić information content (AvgIpc) is 3.46. The van der Waals surface area contributed by atoms with E-state index in [1.807, 2.05) is 29.6 Å². The molecule has 3 aromatic heterocycles. The Morgan fingerprint density at radius 1 is 1.06 bits per heavy atom. The molecule has 10 heteroatoms. The largest absolute Gasteiger partial charge is 0.354 e. The molecule has 0 spiro atoms. The van der Waals surface area contributed by atoms with Crippen LogP contribution < -0.4 is 15.8 Å². The molecular formula is C26H25FN6O2S. The van der Waals surface area contributed by atoms with Crippen LogP contribution in [0.4, 0.5) is 10.2 Å². The fraction of sp³-hybridized carbons (Fsp3) is 0.269. The van der Waals surface area contributed by atoms with Gasteiger partial charge in [0.25, 0.3) is 5.56 Å². The predicted octanol–water partition coefficient (Wildman–Crippen LogP) is 3.60. The van der Waals surface area contributed by atoms with Crippen molar-refractivity contribution in [2.24, 2.45) is 5.92 Å². The molecule has 4 aromatic rings. The summed E-state index contributed by atoms with van der Waals surface area (Å²) in [6, 6.07) is 16.9. The van der Waals surface area contributed by atoms with Crippen molar-refractivity contribution in [3.8, 4) is 21.8 Å². The summed E-state index contributed by atoms with van der Waals surface area (Å²) in [7, 11) is 0. The lowest BCUT2D eigenvalue weighted by atomic mass is 9.97. The Labute approximate surface area is 211 Å². The number of nitrogens with one attached hydrogen (secondary N) is 1. The lowest BCUT2D eigenvalue weighted by Gasteiger charge is -2.32. The fourth-order valence-electron chi connectivity index (χ4n) is 4.26. The normalized spacial score (nSPS) is 15.6. The van der Waals surface area contributed by atoms with E-state index in [1.54, 1.807) is 29.5 Å². The van der Waals surface area contributed by atoms with Crippen LogP contribution in [0, 0.1) is 11.7 Å². The van der Waals surface area contributed by atoms with Crippen molar-refractivity contribution in [2.45, 2.75) is 19.4 Å². The molecule has 1 atom stereocenters. The van der Waals surface area contributed by atoms with Gasteiger partial charge in [0.2, 0.25) is 5.91 Å². The monoisotopic (exact) mass is 504 g/mol. The van der Waals surface area contributed by atoms with Crippen LogP contribution in [0.5, 0.6) is 0 Å². The fourth-order valence-corrected chi connectivity index (χ4v) is 4.95. The van der Waals surface area contributed by atoms with E-state index in [4.69, 9.17) is 0 Å². The summed E-state index contributed by atoms with van der Waals surface area (Å²) < 4.78 is 14.5. The SMILES string of the molecule is O=C(NCCn1nc(-c2ccc(F)cc2)ccc1=O)C1CCCN(c2ccc(-c3cccs3)nn2)C1. The van der Waals surface area contributed by atoms with Gasteiger partial charge >= 0.3 is 0 Å². The number of benzene rings is 1. The number of halogens is 1. The summed E-state index contributed by atoms with van der Waals surface area (Å²) in [6.45, 7) is 1.92. The van der Waals surface area contributed by atoms with Crippen LogP contribution in [0.1, 0.15) is 12.8 Å². The van der Waals surface area contributed by atoms with Crippen molar-refractivity contribution in [3.05, 3.63) is 82.2 Å². The Morgan fingerprint density at radius 2 is 1.89 bits per heavy atom. The molecule has 1 unspecified atom stereocenters. The van der Waals surface area contributed by atoms with Crippen molar-refractivity contribution in [1.29, 1.82) is 0 Å². The molecule has 1 saturated heterocycles. The van der Waals surface area contributed by atoms with E-state index in [-0.39, 0.29) is 36.3 Å². The predicted molar refractivity (Wildman–Crippen MR) is 137 cm³/mol. The molecule has 1 aromatic carbocycles. The van der Waals surface area contributed by atoms with Crippen LogP contribution in [0.3, 0.4) is 0 Å². The highest BCUT2D eigenvalue weighted by Crippen LogP contribution is 2.25. The molecule has 1 aliphatic heterocycles. The number of anilines is 1. The van der Waals surface area contributed by atoms with Crippen LogP contribution in [-0.4, -0.2) is 45.5 Å². The van der Waals surface area contributed by atoms with Gasteiger partial charge in [0.1, 0.15) is 11.5 Å². The van der Waals surface area contributed by atoms with E-state index in [2.05, 4.69) is 25.5 Å².